The van der Waals surface area contributed by atoms with E-state index in [1.807, 2.05) is 4.90 Å². The lowest BCUT2D eigenvalue weighted by Crippen LogP contribution is -2.41. The molecule has 1 aliphatic heterocycles. The lowest BCUT2D eigenvalue weighted by Gasteiger charge is -2.28. The van der Waals surface area contributed by atoms with Gasteiger partial charge in [-0.3, -0.25) is 4.79 Å². The van der Waals surface area contributed by atoms with E-state index in [1.54, 1.807) is 0 Å². The van der Waals surface area contributed by atoms with E-state index >= 15 is 0 Å². The number of likely N-dealkylation sites (tertiary alicyclic amines) is 1. The van der Waals surface area contributed by atoms with Gasteiger partial charge >= 0.3 is 0 Å². The maximum atomic E-state index is 11.6. The van der Waals surface area contributed by atoms with E-state index in [2.05, 4.69) is 35.9 Å². The van der Waals surface area contributed by atoms with Crippen LogP contribution in [0.25, 0.3) is 0 Å². The molecule has 0 radical (unpaired) electrons. The molecule has 1 heterocycles. The summed E-state index contributed by atoms with van der Waals surface area (Å²) >= 11 is 3.39. The van der Waals surface area contributed by atoms with E-state index in [1.165, 1.54) is 5.57 Å². The SMILES string of the molecule is CC(C)=CCN1CCCC(Br)C1=O. The monoisotopic (exact) mass is 245 g/mol. The summed E-state index contributed by atoms with van der Waals surface area (Å²) in [5.74, 6) is 0.240. The van der Waals surface area contributed by atoms with Crippen molar-refractivity contribution in [2.24, 2.45) is 0 Å². The van der Waals surface area contributed by atoms with Crippen molar-refractivity contribution in [3.05, 3.63) is 11.6 Å². The van der Waals surface area contributed by atoms with Crippen molar-refractivity contribution in [2.75, 3.05) is 13.1 Å². The normalized spacial score (nSPS) is 23.2. The van der Waals surface area contributed by atoms with Crippen LogP contribution in [0.4, 0.5) is 0 Å². The van der Waals surface area contributed by atoms with Gasteiger partial charge < -0.3 is 4.90 Å². The molecule has 0 N–H and O–H groups in total. The van der Waals surface area contributed by atoms with Gasteiger partial charge in [0.2, 0.25) is 5.91 Å². The molecule has 1 amide bonds. The second-order valence-electron chi connectivity index (χ2n) is 3.68. The number of carbonyl (C=O) groups is 1. The van der Waals surface area contributed by atoms with Crippen molar-refractivity contribution in [1.82, 2.24) is 4.90 Å². The lowest BCUT2D eigenvalue weighted by atomic mass is 10.1. The van der Waals surface area contributed by atoms with Crippen molar-refractivity contribution >= 4 is 21.8 Å². The van der Waals surface area contributed by atoms with Gasteiger partial charge in [-0.15, -0.1) is 0 Å². The van der Waals surface area contributed by atoms with Gasteiger partial charge in [-0.2, -0.15) is 0 Å². The Bertz CT molecular complexity index is 221. The molecule has 3 heteroatoms. The second-order valence-corrected chi connectivity index (χ2v) is 4.78. The summed E-state index contributed by atoms with van der Waals surface area (Å²) in [4.78, 5) is 13.5. The molecule has 1 unspecified atom stereocenters. The highest BCUT2D eigenvalue weighted by Crippen LogP contribution is 2.18. The van der Waals surface area contributed by atoms with Gasteiger partial charge in [0, 0.05) is 13.1 Å². The Morgan fingerprint density at radius 2 is 2.38 bits per heavy atom. The zero-order chi connectivity index (χ0) is 9.84. The number of rotatable bonds is 2. The summed E-state index contributed by atoms with van der Waals surface area (Å²) in [6, 6.07) is 0. The van der Waals surface area contributed by atoms with Crippen LogP contribution in [-0.2, 0) is 4.79 Å². The Hall–Kier alpha value is -0.310. The van der Waals surface area contributed by atoms with Crippen LogP contribution in [0.1, 0.15) is 26.7 Å². The molecule has 0 aromatic carbocycles. The predicted molar refractivity (Wildman–Crippen MR) is 58.0 cm³/mol. The highest BCUT2D eigenvalue weighted by molar-refractivity contribution is 9.10. The highest BCUT2D eigenvalue weighted by atomic mass is 79.9. The maximum Gasteiger partial charge on any atom is 0.236 e. The number of halogens is 1. The van der Waals surface area contributed by atoms with Crippen molar-refractivity contribution in [1.29, 1.82) is 0 Å². The van der Waals surface area contributed by atoms with Crippen LogP contribution in [0.2, 0.25) is 0 Å². The molecular weight excluding hydrogens is 230 g/mol. The average Bonchev–Trinajstić information content (AvgIpc) is 2.07. The van der Waals surface area contributed by atoms with Crippen LogP contribution in [0.15, 0.2) is 11.6 Å². The van der Waals surface area contributed by atoms with E-state index in [4.69, 9.17) is 0 Å². The van der Waals surface area contributed by atoms with E-state index in [-0.39, 0.29) is 10.7 Å². The van der Waals surface area contributed by atoms with Crippen LogP contribution in [-0.4, -0.2) is 28.7 Å². The van der Waals surface area contributed by atoms with E-state index in [0.29, 0.717) is 0 Å². The van der Waals surface area contributed by atoms with Crippen molar-refractivity contribution in [2.45, 2.75) is 31.5 Å². The van der Waals surface area contributed by atoms with Gasteiger partial charge in [0.1, 0.15) is 0 Å². The van der Waals surface area contributed by atoms with Crippen LogP contribution < -0.4 is 0 Å². The summed E-state index contributed by atoms with van der Waals surface area (Å²) in [6.07, 6.45) is 4.19. The smallest absolute Gasteiger partial charge is 0.236 e. The molecule has 13 heavy (non-hydrogen) atoms. The number of hydrogen-bond donors (Lipinski definition) is 0. The summed E-state index contributed by atoms with van der Waals surface area (Å²) in [5.41, 5.74) is 1.27. The third-order valence-corrected chi connectivity index (χ3v) is 3.03. The molecule has 1 aliphatic rings. The first-order chi connectivity index (χ1) is 6.11. The number of alkyl halides is 1. The zero-order valence-electron chi connectivity index (χ0n) is 8.22. The Balaban J connectivity index is 2.49. The molecular formula is C10H16BrNO. The molecule has 0 saturated carbocycles. The quantitative estimate of drug-likeness (QED) is 0.541. The number of hydrogen-bond acceptors (Lipinski definition) is 1. The topological polar surface area (TPSA) is 20.3 Å². The molecule has 1 atom stereocenters. The minimum atomic E-state index is 0.0480. The molecule has 2 nitrogen and oxygen atoms in total. The van der Waals surface area contributed by atoms with Crippen LogP contribution in [0, 0.1) is 0 Å². The number of nitrogens with zero attached hydrogens (tertiary/aromatic N) is 1. The lowest BCUT2D eigenvalue weighted by molar-refractivity contribution is -0.131. The van der Waals surface area contributed by atoms with Gasteiger partial charge in [0.05, 0.1) is 4.83 Å². The third-order valence-electron chi connectivity index (χ3n) is 2.19. The summed E-state index contributed by atoms with van der Waals surface area (Å²) in [6.45, 7) is 5.79. The van der Waals surface area contributed by atoms with Crippen LogP contribution in [0.3, 0.4) is 0 Å². The molecule has 1 saturated heterocycles. The van der Waals surface area contributed by atoms with Crippen molar-refractivity contribution in [3.8, 4) is 0 Å². The molecule has 0 aromatic rings. The molecule has 1 rings (SSSR count). The number of piperidine rings is 1. The largest absolute Gasteiger partial charge is 0.338 e. The molecule has 74 valence electrons. The fraction of sp³-hybridized carbons (Fsp3) is 0.700. The molecule has 0 bridgehead atoms. The first-order valence-corrected chi connectivity index (χ1v) is 5.59. The Morgan fingerprint density at radius 3 is 3.00 bits per heavy atom. The molecule has 0 aromatic heterocycles. The Kier molecular flexibility index (Phi) is 3.97. The first-order valence-electron chi connectivity index (χ1n) is 4.67. The van der Waals surface area contributed by atoms with Gasteiger partial charge in [-0.1, -0.05) is 27.6 Å². The molecule has 0 spiro atoms. The fourth-order valence-electron chi connectivity index (χ4n) is 1.37. The minimum absolute atomic E-state index is 0.0480. The summed E-state index contributed by atoms with van der Waals surface area (Å²) in [7, 11) is 0. The molecule has 0 aliphatic carbocycles. The zero-order valence-corrected chi connectivity index (χ0v) is 9.80. The van der Waals surface area contributed by atoms with E-state index in [9.17, 15) is 4.79 Å². The third kappa shape index (κ3) is 3.14. The van der Waals surface area contributed by atoms with Gasteiger partial charge in [-0.25, -0.2) is 0 Å². The molecule has 1 fully saturated rings. The Labute approximate surface area is 88.1 Å². The van der Waals surface area contributed by atoms with E-state index < -0.39 is 0 Å². The second kappa shape index (κ2) is 4.80. The van der Waals surface area contributed by atoms with Crippen molar-refractivity contribution in [3.63, 3.8) is 0 Å². The predicted octanol–water partition coefficient (Wildman–Crippen LogP) is 2.34. The summed E-state index contributed by atoms with van der Waals surface area (Å²) < 4.78 is 0. The number of carbonyl (C=O) groups excluding carboxylic acids is 1. The summed E-state index contributed by atoms with van der Waals surface area (Å²) in [5, 5.41) is 0. The van der Waals surface area contributed by atoms with Crippen LogP contribution in [0.5, 0.6) is 0 Å². The maximum absolute atomic E-state index is 11.6. The van der Waals surface area contributed by atoms with Gasteiger partial charge in [0.15, 0.2) is 0 Å². The highest BCUT2D eigenvalue weighted by Gasteiger charge is 2.25. The van der Waals surface area contributed by atoms with Gasteiger partial charge in [-0.05, 0) is 26.7 Å². The number of allylic oxidation sites excluding steroid dienone is 1. The van der Waals surface area contributed by atoms with Gasteiger partial charge in [0.25, 0.3) is 0 Å². The average molecular weight is 246 g/mol. The van der Waals surface area contributed by atoms with Crippen molar-refractivity contribution < 1.29 is 4.79 Å². The number of amides is 1. The fourth-order valence-corrected chi connectivity index (χ4v) is 1.98. The first kappa shape index (κ1) is 10.8. The van der Waals surface area contributed by atoms with E-state index in [0.717, 1.165) is 25.9 Å². The van der Waals surface area contributed by atoms with Crippen LogP contribution >= 0.6 is 15.9 Å². The standard InChI is InChI=1S/C10H16BrNO/c1-8(2)5-7-12-6-3-4-9(11)10(12)13/h5,9H,3-4,6-7H2,1-2H3. The Morgan fingerprint density at radius 1 is 1.69 bits per heavy atom. The minimum Gasteiger partial charge on any atom is -0.338 e.